The molecule has 0 aliphatic carbocycles. The minimum Gasteiger partial charge on any atom is -0.394 e. The Morgan fingerprint density at radius 1 is 1.38 bits per heavy atom. The number of halogens is 1. The normalized spacial score (nSPS) is 23.6. The molecule has 24 heavy (non-hydrogen) atoms. The van der Waals surface area contributed by atoms with Crippen molar-refractivity contribution in [1.82, 2.24) is 15.1 Å². The second-order valence-corrected chi connectivity index (χ2v) is 5.68. The maximum Gasteiger partial charge on any atom is 0.321 e. The molecular weight excluding hydrogens is 319 g/mol. The summed E-state index contributed by atoms with van der Waals surface area (Å²) >= 11 is 0. The predicted molar refractivity (Wildman–Crippen MR) is 81.5 cm³/mol. The van der Waals surface area contributed by atoms with Crippen LogP contribution in [0.15, 0.2) is 24.3 Å². The summed E-state index contributed by atoms with van der Waals surface area (Å²) in [4.78, 5) is 39.3. The number of aliphatic hydroxyl groups is 1. The molecule has 1 aromatic carbocycles. The number of carbonyl (C=O) groups excluding carboxylic acids is 3. The van der Waals surface area contributed by atoms with E-state index in [0.717, 1.165) is 0 Å². The van der Waals surface area contributed by atoms with Crippen molar-refractivity contribution < 1.29 is 23.9 Å². The van der Waals surface area contributed by atoms with E-state index in [-0.39, 0.29) is 25.5 Å². The molecule has 9 heteroatoms. The molecule has 2 atom stereocenters. The zero-order valence-electron chi connectivity index (χ0n) is 12.7. The Kier molecular flexibility index (Phi) is 4.34. The van der Waals surface area contributed by atoms with Crippen LogP contribution in [0.2, 0.25) is 0 Å². The Morgan fingerprint density at radius 3 is 2.88 bits per heavy atom. The summed E-state index contributed by atoms with van der Waals surface area (Å²) in [6, 6.07) is 3.31. The number of aliphatic hydroxyl groups excluding tert-OH is 1. The fourth-order valence-electron chi connectivity index (χ4n) is 2.88. The summed E-state index contributed by atoms with van der Waals surface area (Å²) in [5, 5.41) is 14.1. The molecule has 0 spiro atoms. The molecule has 128 valence electrons. The second kappa shape index (κ2) is 6.44. The molecule has 8 nitrogen and oxygen atoms in total. The highest BCUT2D eigenvalue weighted by atomic mass is 19.1. The molecule has 2 heterocycles. The molecule has 4 amide bonds. The van der Waals surface area contributed by atoms with Crippen molar-refractivity contribution >= 4 is 23.5 Å². The highest BCUT2D eigenvalue weighted by Gasteiger charge is 2.44. The maximum absolute atomic E-state index is 13.2. The molecule has 2 saturated heterocycles. The number of fused-ring (bicyclic) bond motifs is 1. The second-order valence-electron chi connectivity index (χ2n) is 5.68. The number of hydrogen-bond donors (Lipinski definition) is 3. The van der Waals surface area contributed by atoms with E-state index in [2.05, 4.69) is 10.6 Å². The minimum atomic E-state index is -0.929. The number of benzene rings is 1. The van der Waals surface area contributed by atoms with Crippen molar-refractivity contribution in [3.8, 4) is 0 Å². The number of piperazine rings is 2. The third-order valence-electron chi connectivity index (χ3n) is 4.13. The Morgan fingerprint density at radius 2 is 2.17 bits per heavy atom. The van der Waals surface area contributed by atoms with Crippen LogP contribution in [0.5, 0.6) is 0 Å². The Balaban J connectivity index is 1.67. The average molecular weight is 336 g/mol. The van der Waals surface area contributed by atoms with Gasteiger partial charge in [-0.3, -0.25) is 9.59 Å². The molecule has 3 rings (SSSR count). The largest absolute Gasteiger partial charge is 0.394 e. The zero-order valence-corrected chi connectivity index (χ0v) is 12.7. The van der Waals surface area contributed by atoms with E-state index in [0.29, 0.717) is 5.69 Å². The monoisotopic (exact) mass is 336 g/mol. The standard InChI is InChI=1S/C15H17FN4O4/c16-9-2-1-3-10(6-9)17-15(24)19-4-5-20-12(7-19)13(22)18-11(8-21)14(20)23/h1-3,6,11-12,21H,4-5,7-8H2,(H,17,24)(H,18,22)/t11-,12+/m0/s1. The lowest BCUT2D eigenvalue weighted by molar-refractivity contribution is -0.153. The summed E-state index contributed by atoms with van der Waals surface area (Å²) < 4.78 is 13.2. The number of nitrogens with one attached hydrogen (secondary N) is 2. The minimum absolute atomic E-state index is 0.0386. The lowest BCUT2D eigenvalue weighted by atomic mass is 10.0. The smallest absolute Gasteiger partial charge is 0.321 e. The molecule has 2 aliphatic heterocycles. The van der Waals surface area contributed by atoms with E-state index in [1.807, 2.05) is 0 Å². The van der Waals surface area contributed by atoms with Gasteiger partial charge in [0.15, 0.2) is 0 Å². The van der Waals surface area contributed by atoms with Crippen molar-refractivity contribution in [2.75, 3.05) is 31.6 Å². The summed E-state index contributed by atoms with van der Waals surface area (Å²) in [7, 11) is 0. The van der Waals surface area contributed by atoms with E-state index in [9.17, 15) is 18.8 Å². The third kappa shape index (κ3) is 3.02. The van der Waals surface area contributed by atoms with Crippen LogP contribution in [0.4, 0.5) is 14.9 Å². The number of nitrogens with zero attached hydrogens (tertiary/aromatic N) is 2. The molecule has 0 radical (unpaired) electrons. The van der Waals surface area contributed by atoms with Gasteiger partial charge >= 0.3 is 6.03 Å². The van der Waals surface area contributed by atoms with Crippen LogP contribution in [0, 0.1) is 5.82 Å². The molecule has 0 saturated carbocycles. The van der Waals surface area contributed by atoms with E-state index >= 15 is 0 Å². The first-order valence-corrected chi connectivity index (χ1v) is 7.53. The van der Waals surface area contributed by atoms with Gasteiger partial charge in [-0.05, 0) is 18.2 Å². The van der Waals surface area contributed by atoms with Crippen LogP contribution in [-0.4, -0.2) is 71.1 Å². The molecular formula is C15H17FN4O4. The van der Waals surface area contributed by atoms with Crippen LogP contribution in [0.3, 0.4) is 0 Å². The average Bonchev–Trinajstić information content (AvgIpc) is 2.57. The zero-order chi connectivity index (χ0) is 17.3. The maximum atomic E-state index is 13.2. The first kappa shape index (κ1) is 16.2. The topological polar surface area (TPSA) is 102 Å². The highest BCUT2D eigenvalue weighted by Crippen LogP contribution is 2.17. The van der Waals surface area contributed by atoms with Crippen molar-refractivity contribution in [3.63, 3.8) is 0 Å². The van der Waals surface area contributed by atoms with Gasteiger partial charge in [-0.2, -0.15) is 0 Å². The third-order valence-corrected chi connectivity index (χ3v) is 4.13. The quantitative estimate of drug-likeness (QED) is 0.669. The number of urea groups is 1. The molecule has 2 aliphatic rings. The van der Waals surface area contributed by atoms with Crippen LogP contribution >= 0.6 is 0 Å². The summed E-state index contributed by atoms with van der Waals surface area (Å²) in [5.41, 5.74) is 0.312. The van der Waals surface area contributed by atoms with Gasteiger partial charge in [0, 0.05) is 18.8 Å². The predicted octanol–water partition coefficient (Wildman–Crippen LogP) is -0.639. The van der Waals surface area contributed by atoms with Gasteiger partial charge in [0.2, 0.25) is 11.8 Å². The van der Waals surface area contributed by atoms with Crippen molar-refractivity contribution in [2.24, 2.45) is 0 Å². The van der Waals surface area contributed by atoms with E-state index in [1.165, 1.54) is 28.0 Å². The first-order chi connectivity index (χ1) is 11.5. The molecule has 3 N–H and O–H groups in total. The van der Waals surface area contributed by atoms with Gasteiger partial charge < -0.3 is 25.5 Å². The van der Waals surface area contributed by atoms with E-state index in [4.69, 9.17) is 5.11 Å². The van der Waals surface area contributed by atoms with Crippen molar-refractivity contribution in [3.05, 3.63) is 30.1 Å². The molecule has 1 aromatic rings. The van der Waals surface area contributed by atoms with Gasteiger partial charge in [0.05, 0.1) is 13.2 Å². The van der Waals surface area contributed by atoms with Crippen LogP contribution < -0.4 is 10.6 Å². The molecule has 0 unspecified atom stereocenters. The molecule has 2 fully saturated rings. The number of anilines is 1. The van der Waals surface area contributed by atoms with E-state index in [1.54, 1.807) is 6.07 Å². The summed E-state index contributed by atoms with van der Waals surface area (Å²) in [5.74, 6) is -1.23. The lowest BCUT2D eigenvalue weighted by Crippen LogP contribution is -2.70. The van der Waals surface area contributed by atoms with Crippen LogP contribution in [0.25, 0.3) is 0 Å². The number of rotatable bonds is 2. The fraction of sp³-hybridized carbons (Fsp3) is 0.400. The fourth-order valence-corrected chi connectivity index (χ4v) is 2.88. The van der Waals surface area contributed by atoms with E-state index < -0.39 is 36.4 Å². The van der Waals surface area contributed by atoms with Gasteiger partial charge in [-0.1, -0.05) is 6.07 Å². The Bertz CT molecular complexity index is 683. The molecule has 0 bridgehead atoms. The first-order valence-electron chi connectivity index (χ1n) is 7.53. The SMILES string of the molecule is O=C1N[C@@H](CO)C(=O)N2CCN(C(=O)Nc3cccc(F)c3)C[C@H]12. The van der Waals surface area contributed by atoms with Crippen molar-refractivity contribution in [2.45, 2.75) is 12.1 Å². The Hall–Kier alpha value is -2.68. The van der Waals surface area contributed by atoms with Crippen molar-refractivity contribution in [1.29, 1.82) is 0 Å². The number of hydrogen-bond acceptors (Lipinski definition) is 4. The summed E-state index contributed by atoms with van der Waals surface area (Å²) in [6.07, 6.45) is 0. The number of amides is 4. The van der Waals surface area contributed by atoms with Gasteiger partial charge in [0.25, 0.3) is 0 Å². The van der Waals surface area contributed by atoms with Crippen LogP contribution in [-0.2, 0) is 9.59 Å². The lowest BCUT2D eigenvalue weighted by Gasteiger charge is -2.44. The van der Waals surface area contributed by atoms with Gasteiger partial charge in [0.1, 0.15) is 17.9 Å². The van der Waals surface area contributed by atoms with Gasteiger partial charge in [-0.15, -0.1) is 0 Å². The van der Waals surface area contributed by atoms with Gasteiger partial charge in [-0.25, -0.2) is 9.18 Å². The van der Waals surface area contributed by atoms with Crippen LogP contribution in [0.1, 0.15) is 0 Å². The number of carbonyl (C=O) groups is 3. The highest BCUT2D eigenvalue weighted by molar-refractivity contribution is 5.98. The summed E-state index contributed by atoms with van der Waals surface area (Å²) in [6.45, 7) is 0.0211. The molecule has 0 aromatic heterocycles. The Labute approximate surface area is 137 Å².